The Morgan fingerprint density at radius 3 is 2.78 bits per heavy atom. The Kier molecular flexibility index (Phi) is 4.16. The fourth-order valence-electron chi connectivity index (χ4n) is 2.60. The topological polar surface area (TPSA) is 83.2 Å². The lowest BCUT2D eigenvalue weighted by atomic mass is 10.2. The molecule has 0 fully saturated rings. The highest BCUT2D eigenvalue weighted by Crippen LogP contribution is 2.23. The van der Waals surface area contributed by atoms with Crippen molar-refractivity contribution in [2.45, 2.75) is 46.5 Å². The van der Waals surface area contributed by atoms with Gasteiger partial charge in [0.25, 0.3) is 0 Å². The predicted octanol–water partition coefficient (Wildman–Crippen LogP) is 0.734. The molecular formula is C15H23N7O. The normalized spacial score (nSPS) is 14.3. The lowest BCUT2D eigenvalue weighted by Crippen LogP contribution is -2.35. The smallest absolute Gasteiger partial charge is 0.227 e. The summed E-state index contributed by atoms with van der Waals surface area (Å²) in [5, 5.41) is 17.5. The molecule has 1 N–H and O–H groups in total. The molecule has 0 unspecified atom stereocenters. The number of nitrogens with zero attached hydrogens (tertiary/aromatic N) is 7. The standard InChI is InChI=1S/C15H23N7O/c1-10(2)20(4)15-16-11(3)7-14(17-15)21-5-6-22-13(8-21)12(9-23)18-19-22/h7,10,23H,5-6,8-9H2,1-4H3. The molecule has 3 heterocycles. The van der Waals surface area contributed by atoms with E-state index in [4.69, 9.17) is 4.98 Å². The molecule has 3 rings (SSSR count). The molecule has 0 bridgehead atoms. The van der Waals surface area contributed by atoms with Gasteiger partial charge in [0, 0.05) is 31.4 Å². The number of anilines is 2. The summed E-state index contributed by atoms with van der Waals surface area (Å²) >= 11 is 0. The zero-order chi connectivity index (χ0) is 16.6. The van der Waals surface area contributed by atoms with Crippen LogP contribution in [0.4, 0.5) is 11.8 Å². The predicted molar refractivity (Wildman–Crippen MR) is 87.3 cm³/mol. The molecule has 0 aliphatic carbocycles. The van der Waals surface area contributed by atoms with Crippen LogP contribution in [-0.2, 0) is 19.7 Å². The average Bonchev–Trinajstić information content (AvgIpc) is 2.95. The van der Waals surface area contributed by atoms with E-state index in [0.717, 1.165) is 36.2 Å². The van der Waals surface area contributed by atoms with Crippen molar-refractivity contribution in [1.82, 2.24) is 25.0 Å². The first-order valence-corrected chi connectivity index (χ1v) is 7.85. The van der Waals surface area contributed by atoms with Crippen molar-refractivity contribution in [2.24, 2.45) is 0 Å². The molecule has 8 heteroatoms. The van der Waals surface area contributed by atoms with E-state index in [1.165, 1.54) is 0 Å². The van der Waals surface area contributed by atoms with Gasteiger partial charge in [0.2, 0.25) is 5.95 Å². The lowest BCUT2D eigenvalue weighted by Gasteiger charge is -2.30. The van der Waals surface area contributed by atoms with Gasteiger partial charge in [-0.25, -0.2) is 9.67 Å². The minimum absolute atomic E-state index is 0.0900. The van der Waals surface area contributed by atoms with Crippen molar-refractivity contribution in [1.29, 1.82) is 0 Å². The zero-order valence-electron chi connectivity index (χ0n) is 14.1. The van der Waals surface area contributed by atoms with Crippen molar-refractivity contribution >= 4 is 11.8 Å². The van der Waals surface area contributed by atoms with E-state index < -0.39 is 0 Å². The highest BCUT2D eigenvalue weighted by atomic mass is 16.3. The quantitative estimate of drug-likeness (QED) is 0.890. The third-order valence-corrected chi connectivity index (χ3v) is 4.23. The summed E-state index contributed by atoms with van der Waals surface area (Å²) in [6.07, 6.45) is 0. The largest absolute Gasteiger partial charge is 0.390 e. The van der Waals surface area contributed by atoms with Crippen LogP contribution in [0.5, 0.6) is 0 Å². The van der Waals surface area contributed by atoms with Gasteiger partial charge in [0.15, 0.2) is 0 Å². The Labute approximate surface area is 135 Å². The molecule has 0 aromatic carbocycles. The molecule has 1 aliphatic rings. The number of aliphatic hydroxyl groups is 1. The van der Waals surface area contributed by atoms with Crippen LogP contribution in [0.3, 0.4) is 0 Å². The maximum Gasteiger partial charge on any atom is 0.227 e. The van der Waals surface area contributed by atoms with Gasteiger partial charge >= 0.3 is 0 Å². The van der Waals surface area contributed by atoms with Gasteiger partial charge < -0.3 is 14.9 Å². The van der Waals surface area contributed by atoms with Gasteiger partial charge in [0.1, 0.15) is 11.5 Å². The second-order valence-corrected chi connectivity index (χ2v) is 6.16. The van der Waals surface area contributed by atoms with Gasteiger partial charge in [-0.3, -0.25) is 0 Å². The van der Waals surface area contributed by atoms with Gasteiger partial charge in [-0.15, -0.1) is 5.10 Å². The number of rotatable bonds is 4. The summed E-state index contributed by atoms with van der Waals surface area (Å²) in [5.41, 5.74) is 2.53. The van der Waals surface area contributed by atoms with E-state index in [-0.39, 0.29) is 6.61 Å². The second kappa shape index (κ2) is 6.11. The maximum absolute atomic E-state index is 9.39. The Morgan fingerprint density at radius 1 is 1.30 bits per heavy atom. The van der Waals surface area contributed by atoms with Crippen LogP contribution in [-0.4, -0.2) is 49.7 Å². The van der Waals surface area contributed by atoms with Crippen LogP contribution >= 0.6 is 0 Å². The first-order valence-electron chi connectivity index (χ1n) is 7.85. The van der Waals surface area contributed by atoms with Crippen molar-refractivity contribution in [2.75, 3.05) is 23.4 Å². The minimum Gasteiger partial charge on any atom is -0.390 e. The maximum atomic E-state index is 9.39. The SMILES string of the molecule is Cc1cc(N2CCn3nnc(CO)c3C2)nc(N(C)C(C)C)n1. The number of fused-ring (bicyclic) bond motifs is 1. The van der Waals surface area contributed by atoms with Crippen LogP contribution < -0.4 is 9.80 Å². The number of hydrogen-bond acceptors (Lipinski definition) is 7. The molecule has 2 aromatic heterocycles. The first kappa shape index (κ1) is 15.7. The van der Waals surface area contributed by atoms with E-state index in [2.05, 4.69) is 38.9 Å². The van der Waals surface area contributed by atoms with Gasteiger partial charge in [-0.1, -0.05) is 5.21 Å². The molecule has 8 nitrogen and oxygen atoms in total. The summed E-state index contributed by atoms with van der Waals surface area (Å²) in [5.74, 6) is 1.63. The molecule has 1 aliphatic heterocycles. The molecule has 0 radical (unpaired) electrons. The van der Waals surface area contributed by atoms with Crippen LogP contribution in [0.25, 0.3) is 0 Å². The highest BCUT2D eigenvalue weighted by molar-refractivity contribution is 5.47. The molecule has 23 heavy (non-hydrogen) atoms. The van der Waals surface area contributed by atoms with Crippen LogP contribution in [0.1, 0.15) is 30.9 Å². The van der Waals surface area contributed by atoms with Crippen LogP contribution in [0.2, 0.25) is 0 Å². The minimum atomic E-state index is -0.0900. The van der Waals surface area contributed by atoms with E-state index >= 15 is 0 Å². The summed E-state index contributed by atoms with van der Waals surface area (Å²) in [6.45, 7) is 8.31. The number of aliphatic hydroxyl groups excluding tert-OH is 1. The van der Waals surface area contributed by atoms with E-state index in [0.29, 0.717) is 18.3 Å². The number of aromatic nitrogens is 5. The molecule has 124 valence electrons. The van der Waals surface area contributed by atoms with E-state index in [1.807, 2.05) is 24.7 Å². The monoisotopic (exact) mass is 317 g/mol. The van der Waals surface area contributed by atoms with Gasteiger partial charge in [0.05, 0.1) is 25.4 Å². The van der Waals surface area contributed by atoms with Crippen molar-refractivity contribution in [3.63, 3.8) is 0 Å². The summed E-state index contributed by atoms with van der Waals surface area (Å²) in [7, 11) is 2.00. The van der Waals surface area contributed by atoms with Crippen LogP contribution in [0, 0.1) is 6.92 Å². The molecule has 2 aromatic rings. The molecular weight excluding hydrogens is 294 g/mol. The number of aryl methyl sites for hydroxylation is 1. The summed E-state index contributed by atoms with van der Waals surface area (Å²) < 4.78 is 1.86. The fourth-order valence-corrected chi connectivity index (χ4v) is 2.60. The third kappa shape index (κ3) is 2.98. The Hall–Kier alpha value is -2.22. The molecule has 0 amide bonds. The number of hydrogen-bond donors (Lipinski definition) is 1. The average molecular weight is 317 g/mol. The fraction of sp³-hybridized carbons (Fsp3) is 0.600. The molecule has 0 saturated heterocycles. The molecule has 0 saturated carbocycles. The lowest BCUT2D eigenvalue weighted by molar-refractivity contribution is 0.275. The highest BCUT2D eigenvalue weighted by Gasteiger charge is 2.23. The van der Waals surface area contributed by atoms with Crippen LogP contribution in [0.15, 0.2) is 6.07 Å². The summed E-state index contributed by atoms with van der Waals surface area (Å²) in [6, 6.07) is 2.33. The second-order valence-electron chi connectivity index (χ2n) is 6.16. The Morgan fingerprint density at radius 2 is 2.09 bits per heavy atom. The van der Waals surface area contributed by atoms with Crippen molar-refractivity contribution in [3.8, 4) is 0 Å². The van der Waals surface area contributed by atoms with Gasteiger partial charge in [-0.05, 0) is 20.8 Å². The Balaban J connectivity index is 1.90. The Bertz CT molecular complexity index is 684. The summed E-state index contributed by atoms with van der Waals surface area (Å²) in [4.78, 5) is 13.5. The first-order chi connectivity index (χ1) is 11.0. The van der Waals surface area contributed by atoms with Crippen molar-refractivity contribution in [3.05, 3.63) is 23.1 Å². The molecule has 0 atom stereocenters. The van der Waals surface area contributed by atoms with E-state index in [9.17, 15) is 5.11 Å². The van der Waals surface area contributed by atoms with Crippen molar-refractivity contribution < 1.29 is 5.11 Å². The van der Waals surface area contributed by atoms with Gasteiger partial charge in [-0.2, -0.15) is 4.98 Å². The zero-order valence-corrected chi connectivity index (χ0v) is 14.1. The third-order valence-electron chi connectivity index (χ3n) is 4.23. The van der Waals surface area contributed by atoms with E-state index in [1.54, 1.807) is 0 Å². The molecule has 0 spiro atoms.